The number of fused-ring (bicyclic) bond motifs is 1. The first-order chi connectivity index (χ1) is 9.20. The fraction of sp³-hybridized carbons (Fsp3) is 0.417. The van der Waals surface area contributed by atoms with Crippen molar-refractivity contribution in [2.24, 2.45) is 0 Å². The van der Waals surface area contributed by atoms with Gasteiger partial charge in [0.25, 0.3) is 5.56 Å². The Morgan fingerprint density at radius 1 is 1.58 bits per heavy atom. The fourth-order valence-electron chi connectivity index (χ4n) is 1.64. The molecule has 0 aliphatic rings. The Hall–Kier alpha value is -1.73. The zero-order chi connectivity index (χ0) is 13.7. The molecule has 0 atom stereocenters. The molecule has 0 saturated carbocycles. The molecule has 0 spiro atoms. The Morgan fingerprint density at radius 2 is 2.42 bits per heavy atom. The minimum absolute atomic E-state index is 0.123. The van der Waals surface area contributed by atoms with Crippen LogP contribution in [0.3, 0.4) is 0 Å². The second kappa shape index (κ2) is 6.44. The molecule has 19 heavy (non-hydrogen) atoms. The molecule has 0 fully saturated rings. The molecule has 2 rings (SSSR count). The Bertz CT molecular complexity index is 620. The minimum atomic E-state index is -0.232. The van der Waals surface area contributed by atoms with Crippen LogP contribution in [0, 0.1) is 0 Å². The SMILES string of the molecule is CCOC(=O)CCNCc1nc2ccsc2c(=O)[nH]1. The van der Waals surface area contributed by atoms with E-state index >= 15 is 0 Å². The average Bonchev–Trinajstić information content (AvgIpc) is 2.84. The summed E-state index contributed by atoms with van der Waals surface area (Å²) in [6.45, 7) is 3.07. The maximum atomic E-state index is 11.7. The molecule has 2 aromatic rings. The summed E-state index contributed by atoms with van der Waals surface area (Å²) in [5, 5.41) is 4.88. The van der Waals surface area contributed by atoms with Gasteiger partial charge in [0.15, 0.2) is 0 Å². The molecule has 0 unspecified atom stereocenters. The fourth-order valence-corrected chi connectivity index (χ4v) is 2.36. The van der Waals surface area contributed by atoms with E-state index in [1.807, 2.05) is 11.4 Å². The number of nitrogens with zero attached hydrogens (tertiary/aromatic N) is 1. The lowest BCUT2D eigenvalue weighted by Gasteiger charge is -2.04. The van der Waals surface area contributed by atoms with Gasteiger partial charge in [0.1, 0.15) is 10.5 Å². The number of carbonyl (C=O) groups is 1. The highest BCUT2D eigenvalue weighted by molar-refractivity contribution is 7.17. The minimum Gasteiger partial charge on any atom is -0.466 e. The van der Waals surface area contributed by atoms with Crippen molar-refractivity contribution in [3.8, 4) is 0 Å². The van der Waals surface area contributed by atoms with Gasteiger partial charge < -0.3 is 15.0 Å². The van der Waals surface area contributed by atoms with E-state index in [2.05, 4.69) is 15.3 Å². The standard InChI is InChI=1S/C12H15N3O3S/c1-2-18-10(16)3-5-13-7-9-14-8-4-6-19-11(8)12(17)15-9/h4,6,13H,2-3,5,7H2,1H3,(H,14,15,17). The maximum Gasteiger partial charge on any atom is 0.307 e. The van der Waals surface area contributed by atoms with E-state index in [0.29, 0.717) is 42.2 Å². The second-order valence-corrected chi connectivity index (χ2v) is 4.80. The van der Waals surface area contributed by atoms with E-state index < -0.39 is 0 Å². The second-order valence-electron chi connectivity index (χ2n) is 3.88. The number of rotatable bonds is 6. The molecule has 2 N–H and O–H groups in total. The summed E-state index contributed by atoms with van der Waals surface area (Å²) in [6.07, 6.45) is 0.304. The zero-order valence-electron chi connectivity index (χ0n) is 10.6. The van der Waals surface area contributed by atoms with E-state index in [4.69, 9.17) is 4.74 Å². The van der Waals surface area contributed by atoms with Crippen LogP contribution in [0.5, 0.6) is 0 Å². The Kier molecular flexibility index (Phi) is 4.64. The first-order valence-corrected chi connectivity index (χ1v) is 6.91. The van der Waals surface area contributed by atoms with E-state index in [9.17, 15) is 9.59 Å². The molecule has 0 saturated heterocycles. The Morgan fingerprint density at radius 3 is 3.21 bits per heavy atom. The molecule has 2 heterocycles. The number of H-pyrrole nitrogens is 1. The van der Waals surface area contributed by atoms with Crippen molar-refractivity contribution in [1.29, 1.82) is 0 Å². The van der Waals surface area contributed by atoms with Crippen molar-refractivity contribution in [3.05, 3.63) is 27.6 Å². The highest BCUT2D eigenvalue weighted by Crippen LogP contribution is 2.13. The molecular formula is C12H15N3O3S. The number of hydrogen-bond donors (Lipinski definition) is 2. The lowest BCUT2D eigenvalue weighted by Crippen LogP contribution is -2.22. The first kappa shape index (κ1) is 13.7. The summed E-state index contributed by atoms with van der Waals surface area (Å²) in [7, 11) is 0. The van der Waals surface area contributed by atoms with Gasteiger partial charge >= 0.3 is 5.97 Å². The third-order valence-corrected chi connectivity index (χ3v) is 3.37. The summed E-state index contributed by atoms with van der Waals surface area (Å²) in [6, 6.07) is 1.82. The molecule has 0 amide bonds. The Labute approximate surface area is 113 Å². The zero-order valence-corrected chi connectivity index (χ0v) is 11.4. The van der Waals surface area contributed by atoms with Crippen LogP contribution in [0.4, 0.5) is 0 Å². The monoisotopic (exact) mass is 281 g/mol. The number of aromatic amines is 1. The molecule has 0 aliphatic heterocycles. The van der Waals surface area contributed by atoms with Crippen LogP contribution in [0.25, 0.3) is 10.2 Å². The molecule has 102 valence electrons. The maximum absolute atomic E-state index is 11.7. The predicted molar refractivity (Wildman–Crippen MR) is 73.2 cm³/mol. The van der Waals surface area contributed by atoms with Crippen molar-refractivity contribution in [3.63, 3.8) is 0 Å². The molecule has 6 nitrogen and oxygen atoms in total. The molecule has 0 bridgehead atoms. The van der Waals surface area contributed by atoms with Gasteiger partial charge in [0.2, 0.25) is 0 Å². The number of ether oxygens (including phenoxy) is 1. The molecule has 0 aliphatic carbocycles. The number of carbonyl (C=O) groups excluding carboxylic acids is 1. The van der Waals surface area contributed by atoms with Crippen molar-refractivity contribution >= 4 is 27.5 Å². The van der Waals surface area contributed by atoms with Crippen LogP contribution in [-0.2, 0) is 16.1 Å². The first-order valence-electron chi connectivity index (χ1n) is 6.03. The van der Waals surface area contributed by atoms with Crippen LogP contribution in [0.1, 0.15) is 19.2 Å². The van der Waals surface area contributed by atoms with Crippen LogP contribution < -0.4 is 10.9 Å². The van der Waals surface area contributed by atoms with Crippen LogP contribution in [0.15, 0.2) is 16.2 Å². The average molecular weight is 281 g/mol. The summed E-state index contributed by atoms with van der Waals surface area (Å²) < 4.78 is 5.44. The quantitative estimate of drug-likeness (QED) is 0.610. The lowest BCUT2D eigenvalue weighted by atomic mass is 10.4. The summed E-state index contributed by atoms with van der Waals surface area (Å²) in [5.41, 5.74) is 0.582. The molecule has 0 aromatic carbocycles. The van der Waals surface area contributed by atoms with Gasteiger partial charge in [-0.15, -0.1) is 11.3 Å². The number of esters is 1. The van der Waals surface area contributed by atoms with Gasteiger partial charge in [0, 0.05) is 6.54 Å². The molecule has 0 radical (unpaired) electrons. The van der Waals surface area contributed by atoms with Gasteiger partial charge in [0.05, 0.1) is 25.1 Å². The van der Waals surface area contributed by atoms with Gasteiger partial charge in [-0.1, -0.05) is 0 Å². The van der Waals surface area contributed by atoms with Gasteiger partial charge in [-0.05, 0) is 18.4 Å². The van der Waals surface area contributed by atoms with Gasteiger partial charge in [-0.3, -0.25) is 9.59 Å². The van der Waals surface area contributed by atoms with Crippen LogP contribution in [-0.4, -0.2) is 29.1 Å². The highest BCUT2D eigenvalue weighted by Gasteiger charge is 2.05. The van der Waals surface area contributed by atoms with Crippen molar-refractivity contribution in [2.45, 2.75) is 19.9 Å². The van der Waals surface area contributed by atoms with E-state index in [0.717, 1.165) is 0 Å². The van der Waals surface area contributed by atoms with Crippen molar-refractivity contribution in [1.82, 2.24) is 15.3 Å². The molecular weight excluding hydrogens is 266 g/mol. The largest absolute Gasteiger partial charge is 0.466 e. The van der Waals surface area contributed by atoms with E-state index in [1.54, 1.807) is 6.92 Å². The molecule has 2 aromatic heterocycles. The summed E-state index contributed by atoms with van der Waals surface area (Å²) in [4.78, 5) is 29.9. The summed E-state index contributed by atoms with van der Waals surface area (Å²) >= 11 is 1.37. The third kappa shape index (κ3) is 3.62. The number of nitrogens with one attached hydrogen (secondary N) is 2. The number of aromatic nitrogens is 2. The summed E-state index contributed by atoms with van der Waals surface area (Å²) in [5.74, 6) is 0.337. The van der Waals surface area contributed by atoms with Gasteiger partial charge in [-0.2, -0.15) is 0 Å². The predicted octanol–water partition coefficient (Wildman–Crippen LogP) is 1.03. The lowest BCUT2D eigenvalue weighted by molar-refractivity contribution is -0.142. The van der Waals surface area contributed by atoms with Gasteiger partial charge in [-0.25, -0.2) is 4.98 Å². The van der Waals surface area contributed by atoms with Crippen LogP contribution >= 0.6 is 11.3 Å². The topological polar surface area (TPSA) is 84.1 Å². The normalized spacial score (nSPS) is 10.8. The smallest absolute Gasteiger partial charge is 0.307 e. The Balaban J connectivity index is 1.88. The number of hydrogen-bond acceptors (Lipinski definition) is 6. The number of thiophene rings is 1. The van der Waals surface area contributed by atoms with Crippen molar-refractivity contribution in [2.75, 3.05) is 13.2 Å². The van der Waals surface area contributed by atoms with E-state index in [1.165, 1.54) is 11.3 Å². The molecule has 7 heteroatoms. The van der Waals surface area contributed by atoms with Crippen LogP contribution in [0.2, 0.25) is 0 Å². The third-order valence-electron chi connectivity index (χ3n) is 2.47. The highest BCUT2D eigenvalue weighted by atomic mass is 32.1. The van der Waals surface area contributed by atoms with Crippen molar-refractivity contribution < 1.29 is 9.53 Å². The van der Waals surface area contributed by atoms with E-state index in [-0.39, 0.29) is 11.5 Å².